The molecule has 0 bridgehead atoms. The molecular formula is C14H16ClN3. The van der Waals surface area contributed by atoms with E-state index in [-0.39, 0.29) is 6.04 Å². The molecule has 1 aromatic heterocycles. The topological polar surface area (TPSA) is 40.7 Å². The molecule has 1 aromatic carbocycles. The second-order valence-electron chi connectivity index (χ2n) is 4.76. The molecular weight excluding hydrogens is 246 g/mol. The number of fused-ring (bicyclic) bond motifs is 1. The largest absolute Gasteiger partial charge is 0.303 e. The van der Waals surface area contributed by atoms with Gasteiger partial charge in [-0.05, 0) is 24.1 Å². The van der Waals surface area contributed by atoms with Crippen molar-refractivity contribution in [2.45, 2.75) is 31.8 Å². The van der Waals surface area contributed by atoms with Gasteiger partial charge in [-0.3, -0.25) is 5.10 Å². The van der Waals surface area contributed by atoms with Crippen LogP contribution in [0, 0.1) is 0 Å². The highest BCUT2D eigenvalue weighted by Gasteiger charge is 2.27. The summed E-state index contributed by atoms with van der Waals surface area (Å²) in [6.07, 6.45) is 4.06. The molecule has 0 radical (unpaired) electrons. The Morgan fingerprint density at radius 2 is 2.11 bits per heavy atom. The smallest absolute Gasteiger partial charge is 0.0612 e. The number of aromatic amines is 1. The van der Waals surface area contributed by atoms with Gasteiger partial charge in [0, 0.05) is 28.7 Å². The summed E-state index contributed by atoms with van der Waals surface area (Å²) in [5.41, 5.74) is 3.74. The third kappa shape index (κ3) is 2.04. The van der Waals surface area contributed by atoms with Crippen LogP contribution in [0.3, 0.4) is 0 Å². The zero-order valence-electron chi connectivity index (χ0n) is 10.3. The molecule has 0 spiro atoms. The van der Waals surface area contributed by atoms with Crippen LogP contribution in [0.5, 0.6) is 0 Å². The maximum absolute atomic E-state index is 5.95. The number of nitrogens with one attached hydrogen (secondary N) is 2. The molecule has 0 amide bonds. The lowest BCUT2D eigenvalue weighted by Crippen LogP contribution is -2.39. The second kappa shape index (κ2) is 4.75. The van der Waals surface area contributed by atoms with Crippen LogP contribution in [0.1, 0.15) is 36.2 Å². The Balaban J connectivity index is 1.99. The quantitative estimate of drug-likeness (QED) is 0.872. The van der Waals surface area contributed by atoms with Gasteiger partial charge in [-0.15, -0.1) is 0 Å². The Hall–Kier alpha value is -1.32. The van der Waals surface area contributed by atoms with Crippen molar-refractivity contribution in [3.8, 4) is 0 Å². The lowest BCUT2D eigenvalue weighted by Gasteiger charge is -2.30. The van der Waals surface area contributed by atoms with E-state index in [0.29, 0.717) is 6.04 Å². The van der Waals surface area contributed by atoms with Crippen molar-refractivity contribution in [2.24, 2.45) is 0 Å². The summed E-state index contributed by atoms with van der Waals surface area (Å²) < 4.78 is 0. The minimum absolute atomic E-state index is 0.217. The van der Waals surface area contributed by atoms with Crippen LogP contribution in [0.15, 0.2) is 30.5 Å². The fourth-order valence-corrected chi connectivity index (χ4v) is 2.68. The third-order valence-electron chi connectivity index (χ3n) is 3.61. The first-order chi connectivity index (χ1) is 8.78. The number of H-pyrrole nitrogens is 1. The third-order valence-corrected chi connectivity index (χ3v) is 3.86. The van der Waals surface area contributed by atoms with E-state index in [1.54, 1.807) is 0 Å². The van der Waals surface area contributed by atoms with E-state index in [1.807, 2.05) is 18.3 Å². The number of halogens is 1. The average molecular weight is 262 g/mol. The van der Waals surface area contributed by atoms with Crippen molar-refractivity contribution in [1.29, 1.82) is 0 Å². The molecule has 3 rings (SSSR count). The fourth-order valence-electron chi connectivity index (χ4n) is 2.56. The number of aromatic nitrogens is 2. The molecule has 0 fully saturated rings. The van der Waals surface area contributed by atoms with Crippen molar-refractivity contribution in [1.82, 2.24) is 15.5 Å². The van der Waals surface area contributed by atoms with Gasteiger partial charge < -0.3 is 5.32 Å². The Labute approximate surface area is 112 Å². The van der Waals surface area contributed by atoms with Crippen molar-refractivity contribution in [3.63, 3.8) is 0 Å². The zero-order chi connectivity index (χ0) is 12.5. The Kier molecular flexibility index (Phi) is 3.10. The average Bonchev–Trinajstić information content (AvgIpc) is 2.86. The number of hydrogen-bond acceptors (Lipinski definition) is 2. The SMILES string of the molecule is CCC1Cc2[nH]ncc2C(c2ccc(Cl)cc2)N1. The van der Waals surface area contributed by atoms with Gasteiger partial charge in [-0.1, -0.05) is 30.7 Å². The van der Waals surface area contributed by atoms with Gasteiger partial charge in [-0.2, -0.15) is 5.10 Å². The first kappa shape index (κ1) is 11.8. The Morgan fingerprint density at radius 3 is 2.83 bits per heavy atom. The highest BCUT2D eigenvalue weighted by atomic mass is 35.5. The lowest BCUT2D eigenvalue weighted by atomic mass is 9.90. The molecule has 3 nitrogen and oxygen atoms in total. The molecule has 1 aliphatic heterocycles. The summed E-state index contributed by atoms with van der Waals surface area (Å²) >= 11 is 5.95. The monoisotopic (exact) mass is 261 g/mol. The molecule has 2 N–H and O–H groups in total. The summed E-state index contributed by atoms with van der Waals surface area (Å²) in [6.45, 7) is 2.21. The van der Waals surface area contributed by atoms with Gasteiger partial charge in [0.1, 0.15) is 0 Å². The van der Waals surface area contributed by atoms with Gasteiger partial charge >= 0.3 is 0 Å². The molecule has 0 saturated heterocycles. The summed E-state index contributed by atoms with van der Waals surface area (Å²) in [5.74, 6) is 0. The lowest BCUT2D eigenvalue weighted by molar-refractivity contribution is 0.424. The maximum Gasteiger partial charge on any atom is 0.0612 e. The number of rotatable bonds is 2. The van der Waals surface area contributed by atoms with Gasteiger partial charge in [-0.25, -0.2) is 0 Å². The van der Waals surface area contributed by atoms with E-state index in [1.165, 1.54) is 16.8 Å². The summed E-state index contributed by atoms with van der Waals surface area (Å²) in [4.78, 5) is 0. The van der Waals surface area contributed by atoms with Crippen LogP contribution in [-0.2, 0) is 6.42 Å². The first-order valence-electron chi connectivity index (χ1n) is 6.31. The highest BCUT2D eigenvalue weighted by molar-refractivity contribution is 6.30. The molecule has 2 aromatic rings. The number of hydrogen-bond donors (Lipinski definition) is 2. The van der Waals surface area contributed by atoms with Crippen LogP contribution < -0.4 is 5.32 Å². The van der Waals surface area contributed by atoms with Gasteiger partial charge in [0.15, 0.2) is 0 Å². The predicted molar refractivity (Wildman–Crippen MR) is 72.8 cm³/mol. The van der Waals surface area contributed by atoms with Gasteiger partial charge in [0.25, 0.3) is 0 Å². The standard InChI is InChI=1S/C14H16ClN3/c1-2-11-7-13-12(8-16-18-13)14(17-11)9-3-5-10(15)6-4-9/h3-6,8,11,14,17H,2,7H2,1H3,(H,16,18). The Morgan fingerprint density at radius 1 is 1.33 bits per heavy atom. The van der Waals surface area contributed by atoms with Crippen molar-refractivity contribution >= 4 is 11.6 Å². The second-order valence-corrected chi connectivity index (χ2v) is 5.20. The minimum atomic E-state index is 0.217. The van der Waals surface area contributed by atoms with Crippen LogP contribution in [0.2, 0.25) is 5.02 Å². The van der Waals surface area contributed by atoms with E-state index in [0.717, 1.165) is 17.9 Å². The zero-order valence-corrected chi connectivity index (χ0v) is 11.0. The highest BCUT2D eigenvalue weighted by Crippen LogP contribution is 2.30. The normalized spacial score (nSPS) is 22.8. The number of benzene rings is 1. The minimum Gasteiger partial charge on any atom is -0.303 e. The molecule has 2 atom stereocenters. The van der Waals surface area contributed by atoms with Crippen molar-refractivity contribution in [2.75, 3.05) is 0 Å². The number of nitrogens with zero attached hydrogens (tertiary/aromatic N) is 1. The Bertz CT molecular complexity index is 532. The fraction of sp³-hybridized carbons (Fsp3) is 0.357. The van der Waals surface area contributed by atoms with Crippen LogP contribution in [0.4, 0.5) is 0 Å². The summed E-state index contributed by atoms with van der Waals surface area (Å²) in [5, 5.41) is 11.7. The van der Waals surface area contributed by atoms with E-state index >= 15 is 0 Å². The van der Waals surface area contributed by atoms with Gasteiger partial charge in [0.05, 0.1) is 12.2 Å². The van der Waals surface area contributed by atoms with E-state index < -0.39 is 0 Å². The molecule has 0 saturated carbocycles. The molecule has 4 heteroatoms. The van der Waals surface area contributed by atoms with Crippen LogP contribution >= 0.6 is 11.6 Å². The van der Waals surface area contributed by atoms with Gasteiger partial charge in [0.2, 0.25) is 0 Å². The molecule has 0 aliphatic carbocycles. The van der Waals surface area contributed by atoms with E-state index in [2.05, 4.69) is 34.6 Å². The first-order valence-corrected chi connectivity index (χ1v) is 6.69. The van der Waals surface area contributed by atoms with E-state index in [9.17, 15) is 0 Å². The predicted octanol–water partition coefficient (Wildman–Crippen LogP) is 3.08. The van der Waals surface area contributed by atoms with Crippen molar-refractivity contribution in [3.05, 3.63) is 52.3 Å². The van der Waals surface area contributed by atoms with Crippen molar-refractivity contribution < 1.29 is 0 Å². The molecule has 2 heterocycles. The van der Waals surface area contributed by atoms with Crippen LogP contribution in [-0.4, -0.2) is 16.2 Å². The summed E-state index contributed by atoms with van der Waals surface area (Å²) in [6, 6.07) is 8.75. The molecule has 18 heavy (non-hydrogen) atoms. The van der Waals surface area contributed by atoms with Crippen LogP contribution in [0.25, 0.3) is 0 Å². The molecule has 2 unspecified atom stereocenters. The summed E-state index contributed by atoms with van der Waals surface area (Å²) in [7, 11) is 0. The maximum atomic E-state index is 5.95. The van der Waals surface area contributed by atoms with E-state index in [4.69, 9.17) is 11.6 Å². The molecule has 94 valence electrons. The molecule has 1 aliphatic rings.